The Morgan fingerprint density at radius 2 is 0.968 bits per heavy atom. The van der Waals surface area contributed by atoms with Gasteiger partial charge in [0.15, 0.2) is 0 Å². The normalized spacial score (nSPS) is 10.6. The molecule has 0 radical (unpaired) electrons. The van der Waals surface area contributed by atoms with Gasteiger partial charge in [-0.25, -0.2) is 18.0 Å². The number of anilines is 2. The number of urea groups is 2. The predicted octanol–water partition coefficient (Wildman–Crippen LogP) is 0.932. The zero-order chi connectivity index (χ0) is 23.0. The standard InChI is InChI=1S/C18H18N4O8S/c23-15(24)9-19-17(27)21-11-1-5-13(6-2-11)31(29,30)14-7-3-12(4-8-14)22-18(28)20-10-16(25)26/h1-8H,9-10H2,(H,23,24)(H,25,26)(H2,19,21,27)(H2,20,22,28). The molecule has 0 aliphatic rings. The first-order valence-electron chi connectivity index (χ1n) is 8.56. The summed E-state index contributed by atoms with van der Waals surface area (Å²) in [6.07, 6.45) is 0. The molecule has 12 nitrogen and oxygen atoms in total. The van der Waals surface area contributed by atoms with E-state index in [1.807, 2.05) is 0 Å². The molecular weight excluding hydrogens is 432 g/mol. The average Bonchev–Trinajstić information content (AvgIpc) is 2.71. The van der Waals surface area contributed by atoms with Gasteiger partial charge in [-0.15, -0.1) is 0 Å². The lowest BCUT2D eigenvalue weighted by atomic mass is 10.3. The van der Waals surface area contributed by atoms with Crippen LogP contribution in [0.2, 0.25) is 0 Å². The number of amides is 4. The molecule has 0 atom stereocenters. The van der Waals surface area contributed by atoms with Crippen LogP contribution in [0.5, 0.6) is 0 Å². The molecule has 0 aliphatic carbocycles. The Hall–Kier alpha value is -4.13. The molecule has 4 amide bonds. The molecule has 0 unspecified atom stereocenters. The highest BCUT2D eigenvalue weighted by Crippen LogP contribution is 2.23. The van der Waals surface area contributed by atoms with Crippen LogP contribution in [0.4, 0.5) is 21.0 Å². The van der Waals surface area contributed by atoms with Crippen LogP contribution in [0, 0.1) is 0 Å². The van der Waals surface area contributed by atoms with E-state index in [9.17, 15) is 27.6 Å². The molecule has 0 spiro atoms. The predicted molar refractivity (Wildman–Crippen MR) is 108 cm³/mol. The first-order chi connectivity index (χ1) is 14.6. The molecule has 0 bridgehead atoms. The maximum atomic E-state index is 12.7. The van der Waals surface area contributed by atoms with Crippen LogP contribution in [0.15, 0.2) is 58.3 Å². The second kappa shape index (κ2) is 10.1. The third-order valence-corrected chi connectivity index (χ3v) is 5.43. The Kier molecular flexibility index (Phi) is 7.52. The van der Waals surface area contributed by atoms with Crippen LogP contribution < -0.4 is 21.3 Å². The summed E-state index contributed by atoms with van der Waals surface area (Å²) in [6, 6.07) is 8.95. The van der Waals surface area contributed by atoms with Crippen molar-refractivity contribution >= 4 is 45.2 Å². The highest BCUT2D eigenvalue weighted by Gasteiger charge is 2.18. The molecule has 164 valence electrons. The summed E-state index contributed by atoms with van der Waals surface area (Å²) in [7, 11) is -3.88. The molecule has 0 saturated carbocycles. The highest BCUT2D eigenvalue weighted by molar-refractivity contribution is 7.91. The smallest absolute Gasteiger partial charge is 0.323 e. The average molecular weight is 450 g/mol. The van der Waals surface area contributed by atoms with E-state index in [-0.39, 0.29) is 21.2 Å². The van der Waals surface area contributed by atoms with Crippen molar-refractivity contribution in [3.8, 4) is 0 Å². The van der Waals surface area contributed by atoms with E-state index < -0.39 is 46.9 Å². The van der Waals surface area contributed by atoms with E-state index in [0.29, 0.717) is 0 Å². The van der Waals surface area contributed by atoms with Crippen molar-refractivity contribution in [1.82, 2.24) is 10.6 Å². The SMILES string of the molecule is O=C(O)CNC(=O)Nc1ccc(S(=O)(=O)c2ccc(NC(=O)NCC(=O)O)cc2)cc1. The maximum Gasteiger partial charge on any atom is 0.323 e. The summed E-state index contributed by atoms with van der Waals surface area (Å²) in [6.45, 7) is -1.13. The number of hydrogen-bond acceptors (Lipinski definition) is 6. The summed E-state index contributed by atoms with van der Waals surface area (Å²) in [4.78, 5) is 43.8. The Morgan fingerprint density at radius 1 is 0.645 bits per heavy atom. The molecule has 2 rings (SSSR count). The summed E-state index contributed by atoms with van der Waals surface area (Å²) < 4.78 is 25.5. The molecule has 0 aromatic heterocycles. The fourth-order valence-corrected chi connectivity index (χ4v) is 3.49. The number of aliphatic carboxylic acids is 2. The summed E-state index contributed by atoms with van der Waals surface area (Å²) in [5.41, 5.74) is 0.516. The van der Waals surface area contributed by atoms with Gasteiger partial charge >= 0.3 is 24.0 Å². The molecule has 0 aliphatic heterocycles. The summed E-state index contributed by atoms with van der Waals surface area (Å²) in [5, 5.41) is 26.0. The molecule has 2 aromatic rings. The zero-order valence-corrected chi connectivity index (χ0v) is 16.6. The number of sulfone groups is 1. The van der Waals surface area contributed by atoms with Crippen LogP contribution in [0.25, 0.3) is 0 Å². The van der Waals surface area contributed by atoms with Gasteiger partial charge in [-0.3, -0.25) is 9.59 Å². The number of carboxylic acids is 2. The van der Waals surface area contributed by atoms with Gasteiger partial charge in [-0.05, 0) is 48.5 Å². The lowest BCUT2D eigenvalue weighted by Crippen LogP contribution is -2.33. The molecular formula is C18H18N4O8S. The van der Waals surface area contributed by atoms with Gasteiger partial charge in [0.2, 0.25) is 9.84 Å². The number of carbonyl (C=O) groups is 4. The van der Waals surface area contributed by atoms with E-state index in [0.717, 1.165) is 0 Å². The van der Waals surface area contributed by atoms with Gasteiger partial charge in [0.25, 0.3) is 0 Å². The van der Waals surface area contributed by atoms with Gasteiger partial charge in [0.05, 0.1) is 9.79 Å². The minimum Gasteiger partial charge on any atom is -0.480 e. The highest BCUT2D eigenvalue weighted by atomic mass is 32.2. The molecule has 0 heterocycles. The van der Waals surface area contributed by atoms with Crippen molar-refractivity contribution in [2.45, 2.75) is 9.79 Å². The zero-order valence-electron chi connectivity index (χ0n) is 15.8. The Balaban J connectivity index is 2.04. The quantitative estimate of drug-likeness (QED) is 0.342. The largest absolute Gasteiger partial charge is 0.480 e. The van der Waals surface area contributed by atoms with E-state index in [1.54, 1.807) is 0 Å². The summed E-state index contributed by atoms with van der Waals surface area (Å²) >= 11 is 0. The van der Waals surface area contributed by atoms with Crippen LogP contribution in [-0.4, -0.2) is 55.7 Å². The number of benzene rings is 2. The second-order valence-corrected chi connectivity index (χ2v) is 7.90. The van der Waals surface area contributed by atoms with Crippen molar-refractivity contribution in [1.29, 1.82) is 0 Å². The lowest BCUT2D eigenvalue weighted by molar-refractivity contribution is -0.136. The molecule has 0 fully saturated rings. The third kappa shape index (κ3) is 7.01. The van der Waals surface area contributed by atoms with E-state index in [1.165, 1.54) is 48.5 Å². The molecule has 6 N–H and O–H groups in total. The minimum atomic E-state index is -3.88. The fraction of sp³-hybridized carbons (Fsp3) is 0.111. The minimum absolute atomic E-state index is 0.0519. The first-order valence-corrected chi connectivity index (χ1v) is 10.0. The summed E-state index contributed by atoms with van der Waals surface area (Å²) in [5.74, 6) is -2.42. The van der Waals surface area contributed by atoms with Crippen molar-refractivity contribution in [3.63, 3.8) is 0 Å². The van der Waals surface area contributed by atoms with Crippen molar-refractivity contribution in [3.05, 3.63) is 48.5 Å². The van der Waals surface area contributed by atoms with E-state index in [4.69, 9.17) is 10.2 Å². The van der Waals surface area contributed by atoms with Gasteiger partial charge in [0.1, 0.15) is 13.1 Å². The molecule has 31 heavy (non-hydrogen) atoms. The Labute approximate surface area is 176 Å². The van der Waals surface area contributed by atoms with E-state index >= 15 is 0 Å². The second-order valence-electron chi connectivity index (χ2n) is 5.96. The third-order valence-electron chi connectivity index (χ3n) is 3.65. The molecule has 2 aromatic carbocycles. The van der Waals surface area contributed by atoms with Gasteiger partial charge < -0.3 is 31.5 Å². The maximum absolute atomic E-state index is 12.7. The molecule has 13 heteroatoms. The van der Waals surface area contributed by atoms with Crippen LogP contribution in [0.1, 0.15) is 0 Å². The van der Waals surface area contributed by atoms with E-state index in [2.05, 4.69) is 21.3 Å². The van der Waals surface area contributed by atoms with Crippen molar-refractivity contribution < 1.29 is 37.8 Å². The Morgan fingerprint density at radius 3 is 1.26 bits per heavy atom. The van der Waals surface area contributed by atoms with Gasteiger partial charge in [-0.2, -0.15) is 0 Å². The number of carbonyl (C=O) groups excluding carboxylic acids is 2. The topological polar surface area (TPSA) is 191 Å². The van der Waals surface area contributed by atoms with Crippen LogP contribution >= 0.6 is 0 Å². The molecule has 0 saturated heterocycles. The van der Waals surface area contributed by atoms with Gasteiger partial charge in [-0.1, -0.05) is 0 Å². The number of rotatable bonds is 8. The van der Waals surface area contributed by atoms with Crippen LogP contribution in [-0.2, 0) is 19.4 Å². The lowest BCUT2D eigenvalue weighted by Gasteiger charge is -2.09. The monoisotopic (exact) mass is 450 g/mol. The number of carboxylic acid groups (broad SMARTS) is 2. The van der Waals surface area contributed by atoms with Gasteiger partial charge in [0, 0.05) is 11.4 Å². The Bertz CT molecular complexity index is 1000. The first kappa shape index (κ1) is 23.2. The van der Waals surface area contributed by atoms with Crippen molar-refractivity contribution in [2.75, 3.05) is 23.7 Å². The number of nitrogens with one attached hydrogen (secondary N) is 4. The van der Waals surface area contributed by atoms with Crippen LogP contribution in [0.3, 0.4) is 0 Å². The van der Waals surface area contributed by atoms with Crippen molar-refractivity contribution in [2.24, 2.45) is 0 Å². The number of hydrogen-bond donors (Lipinski definition) is 6. The fourth-order valence-electron chi connectivity index (χ4n) is 2.23.